The number of anilines is 2. The lowest BCUT2D eigenvalue weighted by Gasteiger charge is -2.05. The molecule has 1 heterocycles. The Bertz CT molecular complexity index is 288. The minimum absolute atomic E-state index is 0.167. The number of aromatic nitrogens is 2. The van der Waals surface area contributed by atoms with E-state index in [1.54, 1.807) is 6.07 Å². The van der Waals surface area contributed by atoms with Crippen LogP contribution in [0.5, 0.6) is 0 Å². The van der Waals surface area contributed by atoms with Gasteiger partial charge in [-0.1, -0.05) is 11.6 Å². The van der Waals surface area contributed by atoms with Crippen LogP contribution in [0.25, 0.3) is 0 Å². The zero-order chi connectivity index (χ0) is 11.1. The monoisotopic (exact) mass is 230 g/mol. The molecule has 15 heavy (non-hydrogen) atoms. The quantitative estimate of drug-likeness (QED) is 0.507. The van der Waals surface area contributed by atoms with E-state index in [1.807, 2.05) is 0 Å². The lowest BCUT2D eigenvalue weighted by atomic mass is 10.2. The molecule has 0 spiro atoms. The van der Waals surface area contributed by atoms with Gasteiger partial charge in [-0.3, -0.25) is 0 Å². The van der Waals surface area contributed by atoms with Gasteiger partial charge in [-0.25, -0.2) is 4.98 Å². The first kappa shape index (κ1) is 12.0. The Morgan fingerprint density at radius 3 is 2.80 bits per heavy atom. The first-order valence-electron chi connectivity index (χ1n) is 4.87. The van der Waals surface area contributed by atoms with Gasteiger partial charge in [0.05, 0.1) is 0 Å². The van der Waals surface area contributed by atoms with Gasteiger partial charge < -0.3 is 16.2 Å². The van der Waals surface area contributed by atoms with Gasteiger partial charge in [0.25, 0.3) is 0 Å². The summed E-state index contributed by atoms with van der Waals surface area (Å²) < 4.78 is 0. The van der Waals surface area contributed by atoms with Crippen molar-refractivity contribution in [1.29, 1.82) is 0 Å². The highest BCUT2D eigenvalue weighted by Gasteiger charge is 1.99. The van der Waals surface area contributed by atoms with Gasteiger partial charge in [0, 0.05) is 19.2 Å². The van der Waals surface area contributed by atoms with Gasteiger partial charge in [-0.05, 0) is 19.3 Å². The number of aliphatic hydroxyl groups excluding tert-OH is 1. The number of rotatable bonds is 6. The Kier molecular flexibility index (Phi) is 5.14. The van der Waals surface area contributed by atoms with Crippen molar-refractivity contribution in [3.8, 4) is 0 Å². The second kappa shape index (κ2) is 6.42. The summed E-state index contributed by atoms with van der Waals surface area (Å²) in [6.07, 6.45) is 2.79. The Balaban J connectivity index is 2.31. The summed E-state index contributed by atoms with van der Waals surface area (Å²) in [4.78, 5) is 7.72. The zero-order valence-electron chi connectivity index (χ0n) is 8.41. The number of nitrogens with one attached hydrogen (secondary N) is 1. The van der Waals surface area contributed by atoms with E-state index in [1.165, 1.54) is 0 Å². The largest absolute Gasteiger partial charge is 0.396 e. The minimum atomic E-state index is 0.167. The van der Waals surface area contributed by atoms with Gasteiger partial charge in [-0.2, -0.15) is 4.98 Å². The highest BCUT2D eigenvalue weighted by molar-refractivity contribution is 6.29. The van der Waals surface area contributed by atoms with Crippen LogP contribution in [-0.2, 0) is 0 Å². The van der Waals surface area contributed by atoms with Crippen molar-refractivity contribution in [2.75, 3.05) is 24.2 Å². The SMILES string of the molecule is Nc1nc(Cl)cc(NCCCCCO)n1. The topological polar surface area (TPSA) is 84.1 Å². The summed E-state index contributed by atoms with van der Waals surface area (Å²) >= 11 is 5.71. The van der Waals surface area contributed by atoms with Crippen LogP contribution in [0.4, 0.5) is 11.8 Å². The second-order valence-electron chi connectivity index (χ2n) is 3.15. The lowest BCUT2D eigenvalue weighted by molar-refractivity contribution is 0.283. The van der Waals surface area contributed by atoms with Crippen LogP contribution >= 0.6 is 11.6 Å². The van der Waals surface area contributed by atoms with E-state index in [-0.39, 0.29) is 12.6 Å². The molecule has 0 aliphatic heterocycles. The van der Waals surface area contributed by atoms with Crippen molar-refractivity contribution in [2.24, 2.45) is 0 Å². The maximum atomic E-state index is 8.58. The summed E-state index contributed by atoms with van der Waals surface area (Å²) in [5.74, 6) is 0.803. The maximum absolute atomic E-state index is 8.58. The molecule has 0 bridgehead atoms. The van der Waals surface area contributed by atoms with Crippen molar-refractivity contribution in [1.82, 2.24) is 9.97 Å². The average molecular weight is 231 g/mol. The molecule has 5 nitrogen and oxygen atoms in total. The van der Waals surface area contributed by atoms with Gasteiger partial charge >= 0.3 is 0 Å². The van der Waals surface area contributed by atoms with Gasteiger partial charge in [0.15, 0.2) is 0 Å². The molecule has 0 aliphatic carbocycles. The first-order valence-corrected chi connectivity index (χ1v) is 5.25. The molecule has 1 rings (SSSR count). The maximum Gasteiger partial charge on any atom is 0.223 e. The fourth-order valence-corrected chi connectivity index (χ4v) is 1.35. The number of unbranched alkanes of at least 4 members (excludes halogenated alkanes) is 2. The molecule has 0 atom stereocenters. The van der Waals surface area contributed by atoms with E-state index in [0.717, 1.165) is 25.8 Å². The van der Waals surface area contributed by atoms with E-state index in [9.17, 15) is 0 Å². The smallest absolute Gasteiger partial charge is 0.223 e. The molecular weight excluding hydrogens is 216 g/mol. The Morgan fingerprint density at radius 2 is 2.13 bits per heavy atom. The normalized spacial score (nSPS) is 10.3. The fraction of sp³-hybridized carbons (Fsp3) is 0.556. The van der Waals surface area contributed by atoms with Crippen molar-refractivity contribution in [3.63, 3.8) is 0 Å². The number of nitrogens with two attached hydrogens (primary N) is 1. The molecule has 4 N–H and O–H groups in total. The Hall–Kier alpha value is -1.07. The minimum Gasteiger partial charge on any atom is -0.396 e. The highest BCUT2D eigenvalue weighted by Crippen LogP contribution is 2.12. The molecule has 0 saturated heterocycles. The molecule has 0 aliphatic rings. The molecule has 0 fully saturated rings. The Morgan fingerprint density at radius 1 is 1.33 bits per heavy atom. The van der Waals surface area contributed by atoms with Gasteiger partial charge in [0.1, 0.15) is 11.0 Å². The molecule has 0 radical (unpaired) electrons. The third kappa shape index (κ3) is 4.80. The van der Waals surface area contributed by atoms with Gasteiger partial charge in [0.2, 0.25) is 5.95 Å². The Labute approximate surface area is 93.7 Å². The predicted octanol–water partition coefficient (Wildman–Crippen LogP) is 1.29. The molecule has 1 aromatic rings. The molecule has 6 heteroatoms. The average Bonchev–Trinajstić information content (AvgIpc) is 2.16. The van der Waals surface area contributed by atoms with Crippen LogP contribution in [0.2, 0.25) is 5.15 Å². The van der Waals surface area contributed by atoms with Crippen molar-refractivity contribution in [2.45, 2.75) is 19.3 Å². The fourth-order valence-electron chi connectivity index (χ4n) is 1.16. The molecule has 0 saturated carbocycles. The van der Waals surface area contributed by atoms with Crippen LogP contribution in [-0.4, -0.2) is 28.2 Å². The van der Waals surface area contributed by atoms with E-state index in [0.29, 0.717) is 11.0 Å². The van der Waals surface area contributed by atoms with Crippen molar-refractivity contribution in [3.05, 3.63) is 11.2 Å². The van der Waals surface area contributed by atoms with Crippen LogP contribution in [0, 0.1) is 0 Å². The van der Waals surface area contributed by atoms with E-state index < -0.39 is 0 Å². The number of halogens is 1. The molecule has 84 valence electrons. The molecule has 0 unspecified atom stereocenters. The molecule has 0 amide bonds. The van der Waals surface area contributed by atoms with Crippen LogP contribution in [0.1, 0.15) is 19.3 Å². The summed E-state index contributed by atoms with van der Waals surface area (Å²) in [6, 6.07) is 1.63. The van der Waals surface area contributed by atoms with Crippen LogP contribution < -0.4 is 11.1 Å². The summed E-state index contributed by atoms with van der Waals surface area (Å²) in [7, 11) is 0. The van der Waals surface area contributed by atoms with Gasteiger partial charge in [-0.15, -0.1) is 0 Å². The standard InChI is InChI=1S/C9H15ClN4O/c10-7-6-8(14-9(11)13-7)12-4-2-1-3-5-15/h6,15H,1-5H2,(H3,11,12,13,14). The second-order valence-corrected chi connectivity index (χ2v) is 3.53. The number of hydrogen-bond acceptors (Lipinski definition) is 5. The number of hydrogen-bond donors (Lipinski definition) is 3. The van der Waals surface area contributed by atoms with Crippen LogP contribution in [0.3, 0.4) is 0 Å². The zero-order valence-corrected chi connectivity index (χ0v) is 9.17. The number of aliphatic hydroxyl groups is 1. The number of nitrogen functional groups attached to an aromatic ring is 1. The third-order valence-electron chi connectivity index (χ3n) is 1.85. The van der Waals surface area contributed by atoms with Crippen molar-refractivity contribution < 1.29 is 5.11 Å². The van der Waals surface area contributed by atoms with E-state index in [2.05, 4.69) is 15.3 Å². The summed E-state index contributed by atoms with van der Waals surface area (Å²) in [5.41, 5.74) is 5.43. The first-order chi connectivity index (χ1) is 7.22. The van der Waals surface area contributed by atoms with E-state index >= 15 is 0 Å². The van der Waals surface area contributed by atoms with Crippen molar-refractivity contribution >= 4 is 23.4 Å². The summed E-state index contributed by atoms with van der Waals surface area (Å²) in [5, 5.41) is 12.0. The molecule has 0 aromatic carbocycles. The highest BCUT2D eigenvalue weighted by atomic mass is 35.5. The summed E-state index contributed by atoms with van der Waals surface area (Å²) in [6.45, 7) is 1.03. The van der Waals surface area contributed by atoms with Crippen LogP contribution in [0.15, 0.2) is 6.07 Å². The third-order valence-corrected chi connectivity index (χ3v) is 2.05. The van der Waals surface area contributed by atoms with E-state index in [4.69, 9.17) is 22.4 Å². The molecular formula is C9H15ClN4O. The predicted molar refractivity (Wildman–Crippen MR) is 60.9 cm³/mol. The lowest BCUT2D eigenvalue weighted by Crippen LogP contribution is -2.06. The number of nitrogens with zero attached hydrogens (tertiary/aromatic N) is 2. The molecule has 1 aromatic heterocycles.